The smallest absolute Gasteiger partial charge is 0.340 e. The monoisotopic (exact) mass is 230 g/mol. The highest BCUT2D eigenvalue weighted by Gasteiger charge is 2.44. The molecule has 1 aliphatic carbocycles. The minimum Gasteiger partial charge on any atom is -0.457 e. The van der Waals surface area contributed by atoms with E-state index in [2.05, 4.69) is 0 Å². The highest BCUT2D eigenvalue weighted by molar-refractivity contribution is 5.79. The molecule has 1 saturated carbocycles. The Labute approximate surface area is 96.6 Å². The summed E-state index contributed by atoms with van der Waals surface area (Å²) in [4.78, 5) is 11.7. The van der Waals surface area contributed by atoms with E-state index in [1.54, 1.807) is 0 Å². The van der Waals surface area contributed by atoms with E-state index in [1.807, 2.05) is 13.8 Å². The van der Waals surface area contributed by atoms with Crippen LogP contribution in [0.2, 0.25) is 0 Å². The van der Waals surface area contributed by atoms with Gasteiger partial charge in [0.15, 0.2) is 5.60 Å². The number of hydrogen-bond donors (Lipinski definition) is 2. The quantitative estimate of drug-likeness (QED) is 0.713. The number of carbonyl (C=O) groups excluding carboxylic acids is 1. The summed E-state index contributed by atoms with van der Waals surface area (Å²) in [5.74, 6) is -0.487. The van der Waals surface area contributed by atoms with Crippen LogP contribution in [-0.2, 0) is 9.53 Å². The van der Waals surface area contributed by atoms with E-state index < -0.39 is 23.8 Å². The molecule has 1 rings (SSSR count). The van der Waals surface area contributed by atoms with Crippen molar-refractivity contribution in [2.24, 2.45) is 5.92 Å². The van der Waals surface area contributed by atoms with Crippen molar-refractivity contribution in [1.29, 1.82) is 0 Å². The number of esters is 1. The molecule has 0 amide bonds. The van der Waals surface area contributed by atoms with Gasteiger partial charge in [0, 0.05) is 0 Å². The molecule has 1 unspecified atom stereocenters. The van der Waals surface area contributed by atoms with Crippen LogP contribution in [0.1, 0.15) is 46.5 Å². The molecule has 94 valence electrons. The van der Waals surface area contributed by atoms with Gasteiger partial charge >= 0.3 is 5.97 Å². The summed E-state index contributed by atoms with van der Waals surface area (Å²) in [5.41, 5.74) is -2.24. The predicted octanol–water partition coefficient (Wildman–Crippen LogP) is 1.24. The Morgan fingerprint density at radius 2 is 1.94 bits per heavy atom. The molecular weight excluding hydrogens is 208 g/mol. The van der Waals surface area contributed by atoms with E-state index in [1.165, 1.54) is 6.92 Å². The first-order chi connectivity index (χ1) is 7.34. The first-order valence-corrected chi connectivity index (χ1v) is 5.91. The van der Waals surface area contributed by atoms with Gasteiger partial charge in [-0.1, -0.05) is 13.8 Å². The summed E-state index contributed by atoms with van der Waals surface area (Å²) < 4.78 is 5.47. The molecule has 0 aromatic rings. The Kier molecular flexibility index (Phi) is 3.97. The predicted molar refractivity (Wildman–Crippen MR) is 59.8 cm³/mol. The lowest BCUT2D eigenvalue weighted by atomic mass is 9.88. The van der Waals surface area contributed by atoms with Gasteiger partial charge in [-0.05, 0) is 38.5 Å². The molecule has 16 heavy (non-hydrogen) atoms. The molecule has 0 aromatic heterocycles. The van der Waals surface area contributed by atoms with E-state index in [4.69, 9.17) is 9.84 Å². The van der Waals surface area contributed by atoms with Crippen molar-refractivity contribution >= 4 is 5.97 Å². The first kappa shape index (κ1) is 13.5. The van der Waals surface area contributed by atoms with E-state index in [-0.39, 0.29) is 5.92 Å². The van der Waals surface area contributed by atoms with Gasteiger partial charge in [0.25, 0.3) is 0 Å². The molecule has 4 nitrogen and oxygen atoms in total. The van der Waals surface area contributed by atoms with Crippen molar-refractivity contribution in [3.63, 3.8) is 0 Å². The molecule has 1 aliphatic rings. The lowest BCUT2D eigenvalue weighted by molar-refractivity contribution is -0.187. The first-order valence-electron chi connectivity index (χ1n) is 5.91. The lowest BCUT2D eigenvalue weighted by Crippen LogP contribution is -2.47. The Hall–Kier alpha value is -0.610. The maximum atomic E-state index is 11.7. The number of rotatable bonds is 4. The van der Waals surface area contributed by atoms with Crippen LogP contribution in [0.25, 0.3) is 0 Å². The molecule has 1 fully saturated rings. The van der Waals surface area contributed by atoms with Gasteiger partial charge in [-0.3, -0.25) is 0 Å². The maximum Gasteiger partial charge on any atom is 0.340 e. The molecule has 0 radical (unpaired) electrons. The average Bonchev–Trinajstić information content (AvgIpc) is 2.67. The zero-order chi connectivity index (χ0) is 12.4. The Bertz CT molecular complexity index is 252. The van der Waals surface area contributed by atoms with Gasteiger partial charge in [-0.15, -0.1) is 0 Å². The largest absolute Gasteiger partial charge is 0.457 e. The number of ether oxygens (including phenoxy) is 1. The molecule has 0 bridgehead atoms. The van der Waals surface area contributed by atoms with E-state index in [0.29, 0.717) is 0 Å². The topological polar surface area (TPSA) is 66.8 Å². The summed E-state index contributed by atoms with van der Waals surface area (Å²) in [6, 6.07) is 0. The number of aliphatic hydroxyl groups is 2. The van der Waals surface area contributed by atoms with E-state index >= 15 is 0 Å². The normalized spacial score (nSPS) is 23.1. The SMILES string of the molecule is CC(C)C1(OC(=O)C(C)(O)CO)CCCC1. The van der Waals surface area contributed by atoms with Crippen LogP contribution in [0.3, 0.4) is 0 Å². The molecule has 0 spiro atoms. The van der Waals surface area contributed by atoms with Gasteiger partial charge < -0.3 is 14.9 Å². The molecule has 2 N–H and O–H groups in total. The fourth-order valence-electron chi connectivity index (χ4n) is 2.13. The van der Waals surface area contributed by atoms with Gasteiger partial charge in [-0.25, -0.2) is 4.79 Å². The Morgan fingerprint density at radius 3 is 2.31 bits per heavy atom. The second kappa shape index (κ2) is 4.72. The van der Waals surface area contributed by atoms with Crippen LogP contribution < -0.4 is 0 Å². The third-order valence-electron chi connectivity index (χ3n) is 3.55. The molecule has 0 aliphatic heterocycles. The van der Waals surface area contributed by atoms with Crippen molar-refractivity contribution in [1.82, 2.24) is 0 Å². The van der Waals surface area contributed by atoms with Crippen LogP contribution >= 0.6 is 0 Å². The molecule has 0 aromatic carbocycles. The fourth-order valence-corrected chi connectivity index (χ4v) is 2.13. The van der Waals surface area contributed by atoms with Crippen LogP contribution in [0.4, 0.5) is 0 Å². The molecule has 0 heterocycles. The molecule has 0 saturated heterocycles. The Morgan fingerprint density at radius 1 is 1.44 bits per heavy atom. The fraction of sp³-hybridized carbons (Fsp3) is 0.917. The molecule has 4 heteroatoms. The van der Waals surface area contributed by atoms with E-state index in [9.17, 15) is 9.90 Å². The van der Waals surface area contributed by atoms with Gasteiger partial charge in [-0.2, -0.15) is 0 Å². The third kappa shape index (κ3) is 2.55. The second-order valence-electron chi connectivity index (χ2n) is 5.25. The zero-order valence-corrected chi connectivity index (χ0v) is 10.3. The second-order valence-corrected chi connectivity index (χ2v) is 5.25. The van der Waals surface area contributed by atoms with Crippen molar-refractivity contribution in [2.75, 3.05) is 6.61 Å². The average molecular weight is 230 g/mol. The highest BCUT2D eigenvalue weighted by Crippen LogP contribution is 2.39. The molecule has 1 atom stereocenters. The van der Waals surface area contributed by atoms with Gasteiger partial charge in [0.1, 0.15) is 5.60 Å². The molecular formula is C12H22O4. The highest BCUT2D eigenvalue weighted by atomic mass is 16.6. The Balaban J connectivity index is 2.74. The lowest BCUT2D eigenvalue weighted by Gasteiger charge is -2.35. The van der Waals surface area contributed by atoms with Crippen molar-refractivity contribution in [2.45, 2.75) is 57.7 Å². The van der Waals surface area contributed by atoms with E-state index in [0.717, 1.165) is 25.7 Å². The van der Waals surface area contributed by atoms with Crippen LogP contribution in [0.15, 0.2) is 0 Å². The zero-order valence-electron chi connectivity index (χ0n) is 10.3. The standard InChI is InChI=1S/C12H22O4/c1-9(2)12(6-4-5-7-12)16-10(14)11(3,15)8-13/h9,13,15H,4-8H2,1-3H3. The summed E-state index contributed by atoms with van der Waals surface area (Å²) in [6.45, 7) is 4.71. The van der Waals surface area contributed by atoms with Gasteiger partial charge in [0.05, 0.1) is 6.61 Å². The summed E-state index contributed by atoms with van der Waals surface area (Å²) >= 11 is 0. The maximum absolute atomic E-state index is 11.7. The number of carbonyl (C=O) groups is 1. The van der Waals surface area contributed by atoms with Crippen molar-refractivity contribution < 1.29 is 19.7 Å². The minimum absolute atomic E-state index is 0.230. The van der Waals surface area contributed by atoms with Crippen LogP contribution in [0.5, 0.6) is 0 Å². The van der Waals surface area contributed by atoms with Gasteiger partial charge in [0.2, 0.25) is 0 Å². The van der Waals surface area contributed by atoms with Crippen molar-refractivity contribution in [3.8, 4) is 0 Å². The number of aliphatic hydroxyl groups excluding tert-OH is 1. The number of hydrogen-bond acceptors (Lipinski definition) is 4. The third-order valence-corrected chi connectivity index (χ3v) is 3.55. The summed E-state index contributed by atoms with van der Waals surface area (Å²) in [7, 11) is 0. The van der Waals surface area contributed by atoms with Crippen molar-refractivity contribution in [3.05, 3.63) is 0 Å². The van der Waals surface area contributed by atoms with Crippen LogP contribution in [0, 0.1) is 5.92 Å². The van der Waals surface area contributed by atoms with Crippen LogP contribution in [-0.4, -0.2) is 34.0 Å². The summed E-state index contributed by atoms with van der Waals surface area (Å²) in [5, 5.41) is 18.5. The minimum atomic E-state index is -1.79. The summed E-state index contributed by atoms with van der Waals surface area (Å²) in [6.07, 6.45) is 3.79.